The van der Waals surface area contributed by atoms with Crippen LogP contribution in [0.2, 0.25) is 0 Å². The molecule has 1 fully saturated rings. The number of benzene rings is 1. The van der Waals surface area contributed by atoms with E-state index in [9.17, 15) is 27.2 Å². The second-order valence-corrected chi connectivity index (χ2v) is 11.1. The number of anilines is 1. The number of aliphatic imine (C=N–C) groups is 1. The number of hydrogen-bond acceptors (Lipinski definition) is 5. The van der Waals surface area contributed by atoms with Gasteiger partial charge >= 0.3 is 12.3 Å². The highest BCUT2D eigenvalue weighted by Crippen LogP contribution is 2.29. The van der Waals surface area contributed by atoms with E-state index in [1.54, 1.807) is 20.8 Å². The van der Waals surface area contributed by atoms with E-state index >= 15 is 0 Å². The molecular weight excluding hydrogens is 498 g/mol. The number of allylic oxidation sites excluding steroid dienone is 1. The molecule has 0 radical (unpaired) electrons. The van der Waals surface area contributed by atoms with Crippen molar-refractivity contribution < 1.29 is 31.9 Å². The van der Waals surface area contributed by atoms with Gasteiger partial charge in [-0.25, -0.2) is 9.18 Å². The van der Waals surface area contributed by atoms with E-state index in [-0.39, 0.29) is 36.5 Å². The number of thioether (sulfide) groups is 1. The predicted octanol–water partition coefficient (Wildman–Crippen LogP) is 5.98. The summed E-state index contributed by atoms with van der Waals surface area (Å²) in [4.78, 5) is 30.4. The summed E-state index contributed by atoms with van der Waals surface area (Å²) in [5.41, 5.74) is -1.80. The minimum absolute atomic E-state index is 0.0477. The van der Waals surface area contributed by atoms with Crippen LogP contribution in [0.1, 0.15) is 45.6 Å². The molecule has 36 heavy (non-hydrogen) atoms. The van der Waals surface area contributed by atoms with Gasteiger partial charge in [-0.2, -0.15) is 24.9 Å². The van der Waals surface area contributed by atoms with Crippen LogP contribution in [0.4, 0.5) is 28.0 Å². The topological polar surface area (TPSA) is 71.0 Å². The van der Waals surface area contributed by atoms with Gasteiger partial charge in [0.2, 0.25) is 0 Å². The molecule has 11 heteroatoms. The molecule has 1 aromatic rings. The molecule has 1 saturated heterocycles. The number of amides is 2. The van der Waals surface area contributed by atoms with Crippen molar-refractivity contribution in [3.63, 3.8) is 0 Å². The van der Waals surface area contributed by atoms with Crippen molar-refractivity contribution in [2.24, 2.45) is 10.9 Å². The molecule has 2 heterocycles. The number of nitrogens with zero attached hydrogens (tertiary/aromatic N) is 2. The molecule has 198 valence electrons. The molecule has 1 N–H and O–H groups in total. The lowest BCUT2D eigenvalue weighted by Crippen LogP contribution is -2.35. The fourth-order valence-corrected chi connectivity index (χ4v) is 5.20. The number of nitrogens with one attached hydrogen (secondary N) is 1. The van der Waals surface area contributed by atoms with Crippen LogP contribution in [0.3, 0.4) is 0 Å². The fraction of sp³-hybridized carbons (Fsp3) is 0.560. The van der Waals surface area contributed by atoms with Gasteiger partial charge in [0.1, 0.15) is 17.1 Å². The molecule has 0 bridgehead atoms. The van der Waals surface area contributed by atoms with Crippen molar-refractivity contribution in [1.82, 2.24) is 4.90 Å². The van der Waals surface area contributed by atoms with E-state index in [1.807, 2.05) is 11.8 Å². The van der Waals surface area contributed by atoms with Crippen LogP contribution in [0.25, 0.3) is 0 Å². The number of hydrogen-bond donors (Lipinski definition) is 1. The molecule has 6 nitrogen and oxygen atoms in total. The molecule has 3 rings (SSSR count). The first-order chi connectivity index (χ1) is 16.8. The molecule has 2 aliphatic heterocycles. The quantitative estimate of drug-likeness (QED) is 0.442. The maximum Gasteiger partial charge on any atom is 0.432 e. The van der Waals surface area contributed by atoms with Crippen LogP contribution in [0.5, 0.6) is 0 Å². The Morgan fingerprint density at radius 1 is 1.19 bits per heavy atom. The van der Waals surface area contributed by atoms with E-state index in [0.717, 1.165) is 30.4 Å². The summed E-state index contributed by atoms with van der Waals surface area (Å²) in [5, 5.41) is 2.53. The Kier molecular flexibility index (Phi) is 9.08. The van der Waals surface area contributed by atoms with E-state index in [4.69, 9.17) is 4.74 Å². The summed E-state index contributed by atoms with van der Waals surface area (Å²) in [6, 6.07) is 4.11. The zero-order chi connectivity index (χ0) is 26.5. The maximum absolute atomic E-state index is 14.9. The largest absolute Gasteiger partial charge is 0.444 e. The van der Waals surface area contributed by atoms with E-state index in [1.165, 1.54) is 23.1 Å². The van der Waals surface area contributed by atoms with Gasteiger partial charge in [0, 0.05) is 17.7 Å². The zero-order valence-electron chi connectivity index (χ0n) is 20.6. The van der Waals surface area contributed by atoms with Gasteiger partial charge in [-0.3, -0.25) is 15.1 Å². The van der Waals surface area contributed by atoms with Crippen LogP contribution in [-0.2, 0) is 16.1 Å². The third kappa shape index (κ3) is 7.97. The average molecular weight is 530 g/mol. The van der Waals surface area contributed by atoms with Crippen LogP contribution < -0.4 is 5.32 Å². The molecule has 0 aliphatic carbocycles. The summed E-state index contributed by atoms with van der Waals surface area (Å²) >= 11 is 1.87. The van der Waals surface area contributed by atoms with E-state index < -0.39 is 35.3 Å². The van der Waals surface area contributed by atoms with Crippen molar-refractivity contribution in [2.75, 3.05) is 29.9 Å². The minimum Gasteiger partial charge on any atom is -0.444 e. The molecule has 0 atom stereocenters. The van der Waals surface area contributed by atoms with Crippen LogP contribution in [0, 0.1) is 11.7 Å². The Morgan fingerprint density at radius 3 is 2.50 bits per heavy atom. The Balaban J connectivity index is 1.83. The van der Waals surface area contributed by atoms with Crippen molar-refractivity contribution in [3.8, 4) is 0 Å². The lowest BCUT2D eigenvalue weighted by Gasteiger charge is -2.28. The second kappa shape index (κ2) is 11.7. The van der Waals surface area contributed by atoms with Gasteiger partial charge in [0.05, 0.1) is 18.8 Å². The summed E-state index contributed by atoms with van der Waals surface area (Å²) < 4.78 is 59.4. The summed E-state index contributed by atoms with van der Waals surface area (Å²) in [7, 11) is 0. The van der Waals surface area contributed by atoms with Gasteiger partial charge in [-0.1, -0.05) is 6.07 Å². The summed E-state index contributed by atoms with van der Waals surface area (Å²) in [5.74, 6) is 1.13. The fourth-order valence-electron chi connectivity index (χ4n) is 4.00. The molecular formula is C25H31F4N3O3S. The SMILES string of the molecule is CC(C)(C)OC(=O)Nc1cccc(F)c1CN(CCC1CCSCC1)C(=O)C1=CC(C(F)(F)F)=NC1. The lowest BCUT2D eigenvalue weighted by atomic mass is 9.98. The molecule has 0 saturated carbocycles. The maximum atomic E-state index is 14.9. The van der Waals surface area contributed by atoms with Crippen LogP contribution in [-0.4, -0.2) is 59.0 Å². The zero-order valence-corrected chi connectivity index (χ0v) is 21.4. The average Bonchev–Trinajstić information content (AvgIpc) is 3.28. The third-order valence-corrected chi connectivity index (χ3v) is 6.88. The summed E-state index contributed by atoms with van der Waals surface area (Å²) in [6.45, 7) is 4.70. The monoisotopic (exact) mass is 529 g/mol. The Bertz CT molecular complexity index is 1030. The molecule has 2 aliphatic rings. The highest BCUT2D eigenvalue weighted by molar-refractivity contribution is 7.99. The number of carbonyl (C=O) groups excluding carboxylic acids is 2. The summed E-state index contributed by atoms with van der Waals surface area (Å²) in [6.07, 6.45) is -2.05. The molecule has 0 spiro atoms. The number of halogens is 4. The van der Waals surface area contributed by atoms with Gasteiger partial charge in [-0.05, 0) is 75.7 Å². The third-order valence-electron chi connectivity index (χ3n) is 5.83. The Labute approximate surface area is 212 Å². The highest BCUT2D eigenvalue weighted by Gasteiger charge is 2.38. The van der Waals surface area contributed by atoms with Gasteiger partial charge in [0.15, 0.2) is 0 Å². The van der Waals surface area contributed by atoms with E-state index in [2.05, 4.69) is 10.3 Å². The molecule has 0 unspecified atom stereocenters. The predicted molar refractivity (Wildman–Crippen MR) is 133 cm³/mol. The minimum atomic E-state index is -4.65. The van der Waals surface area contributed by atoms with Gasteiger partial charge in [-0.15, -0.1) is 0 Å². The first-order valence-electron chi connectivity index (χ1n) is 11.8. The Hall–Kier alpha value is -2.56. The number of alkyl halides is 3. The number of rotatable bonds is 7. The number of ether oxygens (including phenoxy) is 1. The normalized spacial score (nSPS) is 16.9. The van der Waals surface area contributed by atoms with Crippen LogP contribution >= 0.6 is 11.8 Å². The standard InChI is InChI=1S/C25H31F4N3O3S/c1-24(2,3)35-23(34)31-20-6-4-5-19(26)18(20)15-32(10-7-16-8-11-36-12-9-16)22(33)17-13-21(30-14-17)25(27,28)29/h4-6,13,16H,7-12,14-15H2,1-3H3,(H,31,34). The van der Waals surface area contributed by atoms with Gasteiger partial charge in [0.25, 0.3) is 5.91 Å². The van der Waals surface area contributed by atoms with Gasteiger partial charge < -0.3 is 9.64 Å². The van der Waals surface area contributed by atoms with Crippen molar-refractivity contribution in [3.05, 3.63) is 41.2 Å². The van der Waals surface area contributed by atoms with Crippen molar-refractivity contribution >= 4 is 35.2 Å². The first-order valence-corrected chi connectivity index (χ1v) is 13.0. The molecule has 0 aromatic heterocycles. The second-order valence-electron chi connectivity index (χ2n) is 9.83. The lowest BCUT2D eigenvalue weighted by molar-refractivity contribution is -0.127. The molecule has 1 aromatic carbocycles. The van der Waals surface area contributed by atoms with Crippen molar-refractivity contribution in [1.29, 1.82) is 0 Å². The van der Waals surface area contributed by atoms with Crippen LogP contribution in [0.15, 0.2) is 34.8 Å². The molecule has 2 amide bonds. The van der Waals surface area contributed by atoms with E-state index in [0.29, 0.717) is 12.3 Å². The smallest absolute Gasteiger partial charge is 0.432 e. The highest BCUT2D eigenvalue weighted by atomic mass is 32.2. The van der Waals surface area contributed by atoms with Crippen molar-refractivity contribution in [2.45, 2.75) is 58.4 Å². The first kappa shape index (κ1) is 28.0. The Morgan fingerprint density at radius 2 is 1.89 bits per heavy atom. The number of carbonyl (C=O) groups is 2.